The smallest absolute Gasteiger partial charge is 0.182 e. The van der Waals surface area contributed by atoms with Gasteiger partial charge < -0.3 is 10.2 Å². The topological polar surface area (TPSA) is 60.8 Å². The molecule has 1 aromatic carbocycles. The molecule has 1 heterocycles. The van der Waals surface area contributed by atoms with Crippen molar-refractivity contribution in [3.05, 3.63) is 35.9 Å². The van der Waals surface area contributed by atoms with Crippen LogP contribution in [0.4, 0.5) is 0 Å². The number of nitrogens with zero attached hydrogens (tertiary/aromatic N) is 1. The third-order valence-corrected chi connectivity index (χ3v) is 4.66. The van der Waals surface area contributed by atoms with Crippen LogP contribution in [0.2, 0.25) is 0 Å². The van der Waals surface area contributed by atoms with Crippen molar-refractivity contribution in [3.63, 3.8) is 0 Å². The van der Waals surface area contributed by atoms with E-state index in [1.54, 1.807) is 12.1 Å². The van der Waals surface area contributed by atoms with Crippen LogP contribution in [0.5, 0.6) is 0 Å². The van der Waals surface area contributed by atoms with Crippen LogP contribution in [0.1, 0.15) is 57.1 Å². The van der Waals surface area contributed by atoms with Gasteiger partial charge in [-0.25, -0.2) is 0 Å². The van der Waals surface area contributed by atoms with Crippen LogP contribution in [0.15, 0.2) is 30.3 Å². The zero-order valence-corrected chi connectivity index (χ0v) is 14.0. The molecule has 0 radical (unpaired) electrons. The van der Waals surface area contributed by atoms with Gasteiger partial charge in [-0.2, -0.15) is 0 Å². The van der Waals surface area contributed by atoms with Crippen LogP contribution in [0, 0.1) is 0 Å². The molecule has 1 aliphatic heterocycles. The molecule has 2 rings (SSSR count). The number of Topliss-reactive ketones (excluding diaryl/α,β-unsaturated/α-hetero) is 1. The molecule has 0 saturated carbocycles. The van der Waals surface area contributed by atoms with Crippen LogP contribution in [0.3, 0.4) is 0 Å². The number of carbonyl (C=O) groups excluding carboxylic acids is 1. The van der Waals surface area contributed by atoms with Gasteiger partial charge in [-0.05, 0) is 31.4 Å². The van der Waals surface area contributed by atoms with E-state index in [9.17, 15) is 15.0 Å². The summed E-state index contributed by atoms with van der Waals surface area (Å²) in [6.45, 7) is 3.49. The molecular weight excluding hydrogens is 290 g/mol. The van der Waals surface area contributed by atoms with Crippen LogP contribution in [0.25, 0.3) is 0 Å². The Morgan fingerprint density at radius 3 is 2.70 bits per heavy atom. The van der Waals surface area contributed by atoms with Crippen molar-refractivity contribution < 1.29 is 15.0 Å². The number of carbonyl (C=O) groups is 1. The molecule has 2 N–H and O–H groups in total. The summed E-state index contributed by atoms with van der Waals surface area (Å²) in [5.74, 6) is -0.138. The molecule has 128 valence electrons. The number of hydrogen-bond donors (Lipinski definition) is 2. The van der Waals surface area contributed by atoms with E-state index in [0.717, 1.165) is 45.1 Å². The number of aliphatic hydroxyl groups is 2. The molecule has 4 heteroatoms. The van der Waals surface area contributed by atoms with Gasteiger partial charge in [0, 0.05) is 6.54 Å². The molecule has 3 atom stereocenters. The number of aliphatic hydroxyl groups excluding tert-OH is 2. The monoisotopic (exact) mass is 319 g/mol. The van der Waals surface area contributed by atoms with Gasteiger partial charge in [0.25, 0.3) is 0 Å². The molecule has 1 fully saturated rings. The molecule has 4 nitrogen and oxygen atoms in total. The standard InChI is InChI=1S/C19H29NO3/c1-2-3-5-12-17(20-13-8-11-16(21)14-20)19(23)18(22)15-9-6-4-7-10-15/h4,6-7,9-10,16-18,21-22H,2-3,5,8,11-14H2,1H3. The fraction of sp³-hybridized carbons (Fsp3) is 0.632. The molecule has 23 heavy (non-hydrogen) atoms. The predicted octanol–water partition coefficient (Wildman–Crippen LogP) is 2.69. The van der Waals surface area contributed by atoms with E-state index in [1.165, 1.54) is 0 Å². The zero-order valence-electron chi connectivity index (χ0n) is 14.0. The molecule has 3 unspecified atom stereocenters. The number of ketones is 1. The summed E-state index contributed by atoms with van der Waals surface area (Å²) in [4.78, 5) is 14.9. The maximum Gasteiger partial charge on any atom is 0.182 e. The highest BCUT2D eigenvalue weighted by molar-refractivity contribution is 5.89. The lowest BCUT2D eigenvalue weighted by Gasteiger charge is -2.36. The van der Waals surface area contributed by atoms with E-state index < -0.39 is 6.10 Å². The van der Waals surface area contributed by atoms with Gasteiger partial charge >= 0.3 is 0 Å². The van der Waals surface area contributed by atoms with E-state index >= 15 is 0 Å². The summed E-state index contributed by atoms with van der Waals surface area (Å²) < 4.78 is 0. The third kappa shape index (κ3) is 5.13. The lowest BCUT2D eigenvalue weighted by atomic mass is 9.93. The summed E-state index contributed by atoms with van der Waals surface area (Å²) in [7, 11) is 0. The normalized spacial score (nSPS) is 21.8. The van der Waals surface area contributed by atoms with Gasteiger partial charge in [0.15, 0.2) is 5.78 Å². The lowest BCUT2D eigenvalue weighted by Crippen LogP contribution is -2.49. The maximum absolute atomic E-state index is 12.9. The first-order chi connectivity index (χ1) is 11.1. The highest BCUT2D eigenvalue weighted by Gasteiger charge is 2.33. The first-order valence-electron chi connectivity index (χ1n) is 8.82. The molecule has 1 saturated heterocycles. The number of rotatable bonds is 8. The second kappa shape index (κ2) is 9.16. The van der Waals surface area contributed by atoms with Gasteiger partial charge in [-0.15, -0.1) is 0 Å². The summed E-state index contributed by atoms with van der Waals surface area (Å²) in [5.41, 5.74) is 0.649. The van der Waals surface area contributed by atoms with E-state index in [1.807, 2.05) is 18.2 Å². The van der Waals surface area contributed by atoms with Crippen LogP contribution >= 0.6 is 0 Å². The number of hydrogen-bond acceptors (Lipinski definition) is 4. The van der Waals surface area contributed by atoms with Crippen molar-refractivity contribution in [2.75, 3.05) is 13.1 Å². The Kier molecular flexibility index (Phi) is 7.21. The summed E-state index contributed by atoms with van der Waals surface area (Å²) in [6.07, 6.45) is 4.17. The van der Waals surface area contributed by atoms with Crippen molar-refractivity contribution >= 4 is 5.78 Å². The van der Waals surface area contributed by atoms with Crippen molar-refractivity contribution in [1.82, 2.24) is 4.90 Å². The minimum atomic E-state index is -1.08. The largest absolute Gasteiger partial charge is 0.392 e. The number of unbranched alkanes of at least 4 members (excludes halogenated alkanes) is 2. The number of piperidine rings is 1. The lowest BCUT2D eigenvalue weighted by molar-refractivity contribution is -0.134. The highest BCUT2D eigenvalue weighted by Crippen LogP contribution is 2.23. The van der Waals surface area contributed by atoms with E-state index in [4.69, 9.17) is 0 Å². The molecule has 1 aromatic rings. The molecule has 0 aliphatic carbocycles. The fourth-order valence-electron chi connectivity index (χ4n) is 3.34. The Labute approximate surface area is 139 Å². The van der Waals surface area contributed by atoms with Gasteiger partial charge in [0.05, 0.1) is 12.1 Å². The maximum atomic E-state index is 12.9. The molecule has 0 spiro atoms. The number of benzene rings is 1. The van der Waals surface area contributed by atoms with Gasteiger partial charge in [-0.1, -0.05) is 56.5 Å². The second-order valence-electron chi connectivity index (χ2n) is 6.52. The average Bonchev–Trinajstić information content (AvgIpc) is 2.58. The summed E-state index contributed by atoms with van der Waals surface area (Å²) in [6, 6.07) is 8.82. The van der Waals surface area contributed by atoms with Gasteiger partial charge in [0.2, 0.25) is 0 Å². The quantitative estimate of drug-likeness (QED) is 0.723. The van der Waals surface area contributed by atoms with Crippen molar-refractivity contribution in [1.29, 1.82) is 0 Å². The van der Waals surface area contributed by atoms with Crippen molar-refractivity contribution in [2.24, 2.45) is 0 Å². The predicted molar refractivity (Wildman–Crippen MR) is 91.2 cm³/mol. The first kappa shape index (κ1) is 18.1. The van der Waals surface area contributed by atoms with E-state index in [-0.39, 0.29) is 17.9 Å². The Morgan fingerprint density at radius 1 is 1.30 bits per heavy atom. The Balaban J connectivity index is 2.09. The fourth-order valence-corrected chi connectivity index (χ4v) is 3.34. The summed E-state index contributed by atoms with van der Waals surface area (Å²) in [5, 5.41) is 20.4. The van der Waals surface area contributed by atoms with Gasteiger partial charge in [0.1, 0.15) is 6.10 Å². The third-order valence-electron chi connectivity index (χ3n) is 4.66. The van der Waals surface area contributed by atoms with Crippen LogP contribution in [-0.2, 0) is 4.79 Å². The van der Waals surface area contributed by atoms with Crippen molar-refractivity contribution in [3.8, 4) is 0 Å². The first-order valence-corrected chi connectivity index (χ1v) is 8.82. The molecule has 0 bridgehead atoms. The number of likely N-dealkylation sites (tertiary alicyclic amines) is 1. The average molecular weight is 319 g/mol. The highest BCUT2D eigenvalue weighted by atomic mass is 16.3. The van der Waals surface area contributed by atoms with E-state index in [2.05, 4.69) is 11.8 Å². The molecule has 1 aliphatic rings. The van der Waals surface area contributed by atoms with Crippen molar-refractivity contribution in [2.45, 2.75) is 63.7 Å². The van der Waals surface area contributed by atoms with E-state index in [0.29, 0.717) is 12.1 Å². The Bertz CT molecular complexity index is 477. The van der Waals surface area contributed by atoms with Crippen LogP contribution < -0.4 is 0 Å². The SMILES string of the molecule is CCCCCC(C(=O)C(O)c1ccccc1)N1CCCC(O)C1. The summed E-state index contributed by atoms with van der Waals surface area (Å²) >= 11 is 0. The molecule has 0 amide bonds. The minimum absolute atomic E-state index is 0.138. The van der Waals surface area contributed by atoms with Crippen LogP contribution in [-0.4, -0.2) is 46.1 Å². The number of β-amino-alcohol motifs (C(OH)–C–C–N with tert-alkyl or cyclic N) is 1. The Morgan fingerprint density at radius 2 is 2.04 bits per heavy atom. The Hall–Kier alpha value is -1.23. The second-order valence-corrected chi connectivity index (χ2v) is 6.52. The minimum Gasteiger partial charge on any atom is -0.392 e. The van der Waals surface area contributed by atoms with Gasteiger partial charge in [-0.3, -0.25) is 9.69 Å². The molecule has 0 aromatic heterocycles. The molecular formula is C19H29NO3. The zero-order chi connectivity index (χ0) is 16.7.